The van der Waals surface area contributed by atoms with E-state index in [1.807, 2.05) is 34.9 Å². The number of phenolic OH excluding ortho intramolecular Hbond substituents is 1. The summed E-state index contributed by atoms with van der Waals surface area (Å²) in [6.07, 6.45) is 4.17. The lowest BCUT2D eigenvalue weighted by atomic mass is 9.92. The maximum absolute atomic E-state index is 14.9. The Morgan fingerprint density at radius 1 is 0.833 bits per heavy atom. The number of amides is 3. The molecule has 1 unspecified atom stereocenters. The maximum atomic E-state index is 14.9. The van der Waals surface area contributed by atoms with Gasteiger partial charge in [-0.15, -0.1) is 0 Å². The number of fused-ring (bicyclic) bond motifs is 3. The molecule has 2 atom stereocenters. The molecule has 8 nitrogen and oxygen atoms in total. The van der Waals surface area contributed by atoms with Crippen LogP contribution in [-0.4, -0.2) is 50.3 Å². The monoisotopic (exact) mass is 720 g/mol. The normalized spacial score (nSPS) is 16.7. The van der Waals surface area contributed by atoms with E-state index in [0.29, 0.717) is 42.9 Å². The molecule has 0 spiro atoms. The Morgan fingerprint density at radius 2 is 1.54 bits per heavy atom. The zero-order valence-electron chi connectivity index (χ0n) is 31.6. The van der Waals surface area contributed by atoms with Crippen molar-refractivity contribution in [1.29, 1.82) is 0 Å². The third-order valence-corrected chi connectivity index (χ3v) is 11.8. The number of aromatic nitrogens is 1. The van der Waals surface area contributed by atoms with Crippen molar-refractivity contribution >= 4 is 23.4 Å². The molecule has 54 heavy (non-hydrogen) atoms. The molecule has 4 heterocycles. The fourth-order valence-corrected chi connectivity index (χ4v) is 8.64. The van der Waals surface area contributed by atoms with Crippen molar-refractivity contribution in [3.63, 3.8) is 0 Å². The van der Waals surface area contributed by atoms with Crippen molar-refractivity contribution in [3.8, 4) is 17.0 Å². The van der Waals surface area contributed by atoms with Crippen LogP contribution in [-0.2, 0) is 50.2 Å². The summed E-state index contributed by atoms with van der Waals surface area (Å²) >= 11 is 0. The topological polar surface area (TPSA) is 86.1 Å². The molecule has 3 aliphatic heterocycles. The molecule has 8 heteroatoms. The Morgan fingerprint density at radius 3 is 2.28 bits per heavy atom. The van der Waals surface area contributed by atoms with Crippen LogP contribution in [0.1, 0.15) is 86.5 Å². The quantitative estimate of drug-likeness (QED) is 0.184. The summed E-state index contributed by atoms with van der Waals surface area (Å²) in [4.78, 5) is 48.6. The van der Waals surface area contributed by atoms with E-state index in [4.69, 9.17) is 0 Å². The van der Waals surface area contributed by atoms with Gasteiger partial charge in [0, 0.05) is 73.4 Å². The summed E-state index contributed by atoms with van der Waals surface area (Å²) < 4.78 is 2.25. The summed E-state index contributed by atoms with van der Waals surface area (Å²) in [6, 6.07) is 29.5. The molecule has 0 bridgehead atoms. The molecule has 0 radical (unpaired) electrons. The van der Waals surface area contributed by atoms with Crippen LogP contribution in [0.2, 0.25) is 0 Å². The lowest BCUT2D eigenvalue weighted by Crippen LogP contribution is -2.42. The number of nitrogens with zero attached hydrogens (tertiary/aromatic N) is 4. The molecule has 0 aliphatic carbocycles. The molecule has 0 saturated heterocycles. The number of aryl methyl sites for hydroxylation is 1. The fourth-order valence-electron chi connectivity index (χ4n) is 8.64. The predicted octanol–water partition coefficient (Wildman–Crippen LogP) is 8.09. The van der Waals surface area contributed by atoms with Gasteiger partial charge < -0.3 is 24.4 Å². The molecule has 1 N–H and O–H groups in total. The average Bonchev–Trinajstić information content (AvgIpc) is 3.79. The van der Waals surface area contributed by atoms with Crippen LogP contribution in [0.25, 0.3) is 11.3 Å². The van der Waals surface area contributed by atoms with E-state index in [1.54, 1.807) is 36.2 Å². The standard InChI is InChI=1S/C46H48N4O4/c1-29-12-14-32(15-13-29)21-30(2)44(52)48-26-35-23-39(40(24-36(35)27-48)46(54)50-28-34-10-6-5-9-33(34)22-31(50)3)43-25-41(42-11-7-8-20-49(42)43)45(53)47(4)37-16-18-38(51)19-17-37/h5-6,9-10,12-19,23-25,30-31,51H,7-8,11,20-22,26-28H2,1-4H3/t30?,31-/m1/s1. The highest BCUT2D eigenvalue weighted by atomic mass is 16.3. The number of hydrogen-bond acceptors (Lipinski definition) is 4. The summed E-state index contributed by atoms with van der Waals surface area (Å²) in [5, 5.41) is 9.86. The van der Waals surface area contributed by atoms with E-state index in [9.17, 15) is 19.5 Å². The number of phenols is 1. The lowest BCUT2D eigenvalue weighted by molar-refractivity contribution is -0.135. The van der Waals surface area contributed by atoms with E-state index in [0.717, 1.165) is 71.4 Å². The molecular weight excluding hydrogens is 673 g/mol. The first-order valence-corrected chi connectivity index (χ1v) is 19.2. The van der Waals surface area contributed by atoms with Crippen LogP contribution in [0.3, 0.4) is 0 Å². The van der Waals surface area contributed by atoms with Gasteiger partial charge in [-0.3, -0.25) is 14.4 Å². The Kier molecular flexibility index (Phi) is 9.38. The highest BCUT2D eigenvalue weighted by Gasteiger charge is 2.35. The zero-order valence-corrected chi connectivity index (χ0v) is 31.6. The van der Waals surface area contributed by atoms with Crippen LogP contribution in [0.5, 0.6) is 5.75 Å². The molecule has 5 aromatic rings. The van der Waals surface area contributed by atoms with Gasteiger partial charge in [-0.1, -0.05) is 61.0 Å². The molecule has 1 aromatic heterocycles. The van der Waals surface area contributed by atoms with Crippen molar-refractivity contribution in [2.45, 2.75) is 85.1 Å². The fraction of sp³-hybridized carbons (Fsp3) is 0.326. The maximum Gasteiger partial charge on any atom is 0.259 e. The van der Waals surface area contributed by atoms with Gasteiger partial charge in [0.1, 0.15) is 5.75 Å². The molecular formula is C46H48N4O4. The van der Waals surface area contributed by atoms with E-state index in [2.05, 4.69) is 66.9 Å². The number of aromatic hydroxyl groups is 1. The van der Waals surface area contributed by atoms with Gasteiger partial charge in [-0.25, -0.2) is 0 Å². The number of hydrogen-bond donors (Lipinski definition) is 1. The summed E-state index contributed by atoms with van der Waals surface area (Å²) in [7, 11) is 1.76. The van der Waals surface area contributed by atoms with Gasteiger partial charge in [-0.2, -0.15) is 0 Å². The van der Waals surface area contributed by atoms with Gasteiger partial charge >= 0.3 is 0 Å². The largest absolute Gasteiger partial charge is 0.508 e. The van der Waals surface area contributed by atoms with Gasteiger partial charge in [0.15, 0.2) is 0 Å². The van der Waals surface area contributed by atoms with Gasteiger partial charge in [-0.05, 0) is 116 Å². The highest BCUT2D eigenvalue weighted by Crippen LogP contribution is 2.39. The zero-order chi connectivity index (χ0) is 37.7. The second-order valence-electron chi connectivity index (χ2n) is 15.6. The van der Waals surface area contributed by atoms with E-state index in [1.165, 1.54) is 11.1 Å². The van der Waals surface area contributed by atoms with Crippen molar-refractivity contribution in [2.24, 2.45) is 5.92 Å². The third kappa shape index (κ3) is 6.59. The minimum atomic E-state index is -0.186. The van der Waals surface area contributed by atoms with Gasteiger partial charge in [0.05, 0.1) is 5.56 Å². The van der Waals surface area contributed by atoms with E-state index in [-0.39, 0.29) is 35.4 Å². The van der Waals surface area contributed by atoms with Crippen molar-refractivity contribution in [1.82, 2.24) is 14.4 Å². The van der Waals surface area contributed by atoms with Crippen LogP contribution in [0.15, 0.2) is 91.0 Å². The van der Waals surface area contributed by atoms with Crippen molar-refractivity contribution in [3.05, 3.63) is 141 Å². The van der Waals surface area contributed by atoms with E-state index >= 15 is 0 Å². The summed E-state index contributed by atoms with van der Waals surface area (Å²) in [6.45, 7) is 8.40. The molecule has 276 valence electrons. The Labute approximate surface area is 317 Å². The third-order valence-electron chi connectivity index (χ3n) is 11.8. The number of carbonyl (C=O) groups is 3. The second kappa shape index (κ2) is 14.3. The minimum absolute atomic E-state index is 0.00605. The molecule has 8 rings (SSSR count). The number of benzene rings is 4. The average molecular weight is 721 g/mol. The van der Waals surface area contributed by atoms with Crippen LogP contribution in [0, 0.1) is 12.8 Å². The molecule has 3 aliphatic rings. The van der Waals surface area contributed by atoms with Crippen LogP contribution >= 0.6 is 0 Å². The summed E-state index contributed by atoms with van der Waals surface area (Å²) in [5.41, 5.74) is 11.4. The number of anilines is 1. The smallest absolute Gasteiger partial charge is 0.259 e. The molecule has 3 amide bonds. The number of carbonyl (C=O) groups excluding carboxylic acids is 3. The first kappa shape index (κ1) is 35.4. The Hall–Kier alpha value is -5.63. The second-order valence-corrected chi connectivity index (χ2v) is 15.6. The SMILES string of the molecule is Cc1ccc(CC(C)C(=O)N2Cc3cc(C(=O)N4Cc5ccccc5C[C@H]4C)c(-c4cc(C(=O)N(C)c5ccc(O)cc5)c5n4CCCC5)cc3C2)cc1. The number of rotatable bonds is 7. The first-order valence-electron chi connectivity index (χ1n) is 19.2. The molecule has 4 aromatic carbocycles. The lowest BCUT2D eigenvalue weighted by Gasteiger charge is -2.35. The Balaban J connectivity index is 1.18. The van der Waals surface area contributed by atoms with E-state index < -0.39 is 0 Å². The summed E-state index contributed by atoms with van der Waals surface area (Å²) in [5.74, 6) is -0.106. The highest BCUT2D eigenvalue weighted by molar-refractivity contribution is 6.08. The molecule has 0 fully saturated rings. The predicted molar refractivity (Wildman–Crippen MR) is 211 cm³/mol. The molecule has 0 saturated carbocycles. The Bertz CT molecular complexity index is 2250. The van der Waals surface area contributed by atoms with Crippen LogP contribution < -0.4 is 4.90 Å². The van der Waals surface area contributed by atoms with Crippen molar-refractivity contribution < 1.29 is 19.5 Å². The first-order chi connectivity index (χ1) is 26.0. The van der Waals surface area contributed by atoms with Gasteiger partial charge in [0.25, 0.3) is 11.8 Å². The minimum Gasteiger partial charge on any atom is -0.508 e. The van der Waals surface area contributed by atoms with Crippen LogP contribution in [0.4, 0.5) is 5.69 Å². The van der Waals surface area contributed by atoms with Crippen molar-refractivity contribution in [2.75, 3.05) is 11.9 Å². The van der Waals surface area contributed by atoms with Gasteiger partial charge in [0.2, 0.25) is 5.91 Å².